The minimum absolute atomic E-state index is 0.254. The van der Waals surface area contributed by atoms with Crippen molar-refractivity contribution in [2.75, 3.05) is 6.61 Å². The summed E-state index contributed by atoms with van der Waals surface area (Å²) in [4.78, 5) is 19.6. The summed E-state index contributed by atoms with van der Waals surface area (Å²) < 4.78 is 5.14. The zero-order chi connectivity index (χ0) is 10.3. The lowest BCUT2D eigenvalue weighted by Crippen LogP contribution is -2.37. The van der Waals surface area contributed by atoms with Gasteiger partial charge in [-0.25, -0.2) is 4.98 Å². The molecule has 0 aromatic carbocycles. The van der Waals surface area contributed by atoms with Crippen LogP contribution in [0.15, 0.2) is 35.2 Å². The minimum atomic E-state index is -0.254. The Morgan fingerprint density at radius 2 is 2.33 bits per heavy atom. The molecule has 1 aromatic rings. The van der Waals surface area contributed by atoms with Crippen molar-refractivity contribution in [2.45, 2.75) is 6.42 Å². The van der Waals surface area contributed by atoms with Crippen molar-refractivity contribution in [1.82, 2.24) is 4.98 Å². The van der Waals surface area contributed by atoms with Gasteiger partial charge < -0.3 is 4.74 Å². The van der Waals surface area contributed by atoms with E-state index >= 15 is 0 Å². The van der Waals surface area contributed by atoms with Crippen molar-refractivity contribution in [3.05, 3.63) is 40.9 Å². The van der Waals surface area contributed by atoms with Crippen LogP contribution in [0, 0.1) is 0 Å². The highest BCUT2D eigenvalue weighted by atomic mass is 16.5. The highest BCUT2D eigenvalue weighted by molar-refractivity contribution is 6.06. The highest BCUT2D eigenvalue weighted by Crippen LogP contribution is 2.21. The molecule has 0 spiro atoms. The summed E-state index contributed by atoms with van der Waals surface area (Å²) in [5, 5.41) is 0.951. The number of carbonyl (C=O) groups excluding carboxylic acids is 1. The summed E-state index contributed by atoms with van der Waals surface area (Å²) in [6, 6.07) is 3.79. The minimum Gasteiger partial charge on any atom is -0.500 e. The smallest absolute Gasteiger partial charge is 0.282 e. The molecule has 3 rings (SSSR count). The van der Waals surface area contributed by atoms with E-state index in [1.165, 1.54) is 6.26 Å². The Morgan fingerprint density at radius 1 is 1.40 bits per heavy atom. The number of hydrogen-bond acceptors (Lipinski definition) is 3. The lowest BCUT2D eigenvalue weighted by atomic mass is 9.98. The van der Waals surface area contributed by atoms with E-state index in [-0.39, 0.29) is 5.91 Å². The predicted molar refractivity (Wildman–Crippen MR) is 52.1 cm³/mol. The molecule has 74 valence electrons. The molecule has 2 aliphatic rings. The van der Waals surface area contributed by atoms with Gasteiger partial charge >= 0.3 is 0 Å². The Bertz CT molecular complexity index is 587. The van der Waals surface area contributed by atoms with E-state index in [1.54, 1.807) is 6.20 Å². The van der Waals surface area contributed by atoms with Gasteiger partial charge in [-0.05, 0) is 17.7 Å². The van der Waals surface area contributed by atoms with Gasteiger partial charge in [0.1, 0.15) is 0 Å². The van der Waals surface area contributed by atoms with E-state index in [0.29, 0.717) is 17.7 Å². The zero-order valence-electron chi connectivity index (χ0n) is 7.93. The number of rotatable bonds is 0. The number of aromatic nitrogens is 1. The van der Waals surface area contributed by atoms with E-state index in [0.717, 1.165) is 17.2 Å². The first-order valence-corrected chi connectivity index (χ1v) is 4.76. The van der Waals surface area contributed by atoms with Crippen molar-refractivity contribution >= 4 is 11.5 Å². The standard InChI is InChI=1S/C11H8N2O2/c14-11-9-6-15-5-3-7(9)8-2-1-4-12-10(8)13-11/h1-2,4,6H,3,5H2. The lowest BCUT2D eigenvalue weighted by molar-refractivity contribution is -0.114. The second-order valence-corrected chi connectivity index (χ2v) is 3.42. The molecule has 3 heterocycles. The summed E-state index contributed by atoms with van der Waals surface area (Å²) in [7, 11) is 0. The van der Waals surface area contributed by atoms with Gasteiger partial charge in [-0.1, -0.05) is 0 Å². The normalized spacial score (nSPS) is 18.3. The van der Waals surface area contributed by atoms with E-state index in [4.69, 9.17) is 4.74 Å². The van der Waals surface area contributed by atoms with Crippen molar-refractivity contribution in [2.24, 2.45) is 4.99 Å². The van der Waals surface area contributed by atoms with Crippen LogP contribution in [0.4, 0.5) is 0 Å². The fraction of sp³-hybridized carbons (Fsp3) is 0.182. The number of hydrogen-bond donors (Lipinski definition) is 0. The van der Waals surface area contributed by atoms with Gasteiger partial charge in [0.25, 0.3) is 5.91 Å². The second-order valence-electron chi connectivity index (χ2n) is 3.42. The Balaban J connectivity index is 2.45. The molecule has 1 amide bonds. The fourth-order valence-corrected chi connectivity index (χ4v) is 1.85. The molecule has 0 fully saturated rings. The molecule has 2 aliphatic heterocycles. The maximum absolute atomic E-state index is 11.6. The predicted octanol–water partition coefficient (Wildman–Crippen LogP) is -0.304. The van der Waals surface area contributed by atoms with Crippen LogP contribution in [0.25, 0.3) is 5.57 Å². The first kappa shape index (κ1) is 8.35. The van der Waals surface area contributed by atoms with Gasteiger partial charge in [0.05, 0.1) is 18.4 Å². The molecule has 0 aliphatic carbocycles. The summed E-state index contributed by atoms with van der Waals surface area (Å²) in [5.74, 6) is -0.254. The molecule has 4 nitrogen and oxygen atoms in total. The molecule has 4 heteroatoms. The van der Waals surface area contributed by atoms with Crippen LogP contribution in [-0.2, 0) is 9.53 Å². The third-order valence-electron chi connectivity index (χ3n) is 2.55. The van der Waals surface area contributed by atoms with Crippen LogP contribution >= 0.6 is 0 Å². The number of pyridine rings is 1. The fourth-order valence-electron chi connectivity index (χ4n) is 1.85. The average Bonchev–Trinajstić information content (AvgIpc) is 2.30. The first-order valence-electron chi connectivity index (χ1n) is 4.76. The first-order chi connectivity index (χ1) is 7.36. The molecular weight excluding hydrogens is 192 g/mol. The van der Waals surface area contributed by atoms with Crippen LogP contribution < -0.4 is 10.7 Å². The number of nitrogens with zero attached hydrogens (tertiary/aromatic N) is 2. The summed E-state index contributed by atoms with van der Waals surface area (Å²) in [5.41, 5.74) is 2.10. The van der Waals surface area contributed by atoms with Gasteiger partial charge in [-0.15, -0.1) is 0 Å². The zero-order valence-corrected chi connectivity index (χ0v) is 7.93. The second kappa shape index (κ2) is 3.02. The highest BCUT2D eigenvalue weighted by Gasteiger charge is 2.22. The lowest BCUT2D eigenvalue weighted by Gasteiger charge is -2.17. The van der Waals surface area contributed by atoms with E-state index in [2.05, 4.69) is 9.98 Å². The van der Waals surface area contributed by atoms with Crippen LogP contribution in [0.2, 0.25) is 0 Å². The molecule has 0 atom stereocenters. The third kappa shape index (κ3) is 1.18. The topological polar surface area (TPSA) is 51.5 Å². The number of fused-ring (bicyclic) bond motifs is 2. The van der Waals surface area contributed by atoms with Crippen molar-refractivity contribution in [3.8, 4) is 0 Å². The van der Waals surface area contributed by atoms with Crippen LogP contribution in [-0.4, -0.2) is 17.5 Å². The molecule has 0 N–H and O–H groups in total. The third-order valence-corrected chi connectivity index (χ3v) is 2.55. The number of amides is 1. The summed E-state index contributed by atoms with van der Waals surface area (Å²) in [6.07, 6.45) is 3.89. The van der Waals surface area contributed by atoms with E-state index in [9.17, 15) is 4.79 Å². The number of carbonyl (C=O) groups is 1. The molecule has 0 unspecified atom stereocenters. The summed E-state index contributed by atoms with van der Waals surface area (Å²) in [6.45, 7) is 0.612. The van der Waals surface area contributed by atoms with Crippen molar-refractivity contribution in [1.29, 1.82) is 0 Å². The van der Waals surface area contributed by atoms with Crippen molar-refractivity contribution in [3.63, 3.8) is 0 Å². The molecular formula is C11H8N2O2. The molecule has 0 radical (unpaired) electrons. The van der Waals surface area contributed by atoms with E-state index < -0.39 is 0 Å². The van der Waals surface area contributed by atoms with Crippen LogP contribution in [0.5, 0.6) is 0 Å². The van der Waals surface area contributed by atoms with Crippen LogP contribution in [0.1, 0.15) is 6.42 Å². The molecule has 0 bridgehead atoms. The average molecular weight is 200 g/mol. The number of ether oxygens (including phenoxy) is 1. The van der Waals surface area contributed by atoms with E-state index in [1.807, 2.05) is 12.1 Å². The summed E-state index contributed by atoms with van der Waals surface area (Å²) >= 11 is 0. The molecule has 15 heavy (non-hydrogen) atoms. The van der Waals surface area contributed by atoms with Gasteiger partial charge in [0.2, 0.25) is 0 Å². The van der Waals surface area contributed by atoms with Crippen LogP contribution in [0.3, 0.4) is 0 Å². The van der Waals surface area contributed by atoms with Gasteiger partial charge in [0.15, 0.2) is 5.49 Å². The Labute approximate surface area is 85.6 Å². The maximum Gasteiger partial charge on any atom is 0.282 e. The van der Waals surface area contributed by atoms with Gasteiger partial charge in [0, 0.05) is 17.8 Å². The largest absolute Gasteiger partial charge is 0.500 e. The monoisotopic (exact) mass is 200 g/mol. The Kier molecular flexibility index (Phi) is 1.68. The van der Waals surface area contributed by atoms with Gasteiger partial charge in [-0.2, -0.15) is 4.99 Å². The quantitative estimate of drug-likeness (QED) is 0.577. The van der Waals surface area contributed by atoms with Crippen molar-refractivity contribution < 1.29 is 9.53 Å². The molecule has 0 saturated carbocycles. The van der Waals surface area contributed by atoms with Gasteiger partial charge in [-0.3, -0.25) is 4.79 Å². The Morgan fingerprint density at radius 3 is 3.27 bits per heavy atom. The molecule has 1 aromatic heterocycles. The SMILES string of the molecule is O=C1N=c2ncccc2=C2CCOC=C12. The maximum atomic E-state index is 11.6. The Hall–Kier alpha value is -1.97. The molecule has 0 saturated heterocycles.